The third-order valence-electron chi connectivity index (χ3n) is 4.81. The maximum atomic E-state index is 12.6. The van der Waals surface area contributed by atoms with Crippen molar-refractivity contribution in [1.29, 1.82) is 0 Å². The Morgan fingerprint density at radius 2 is 1.93 bits per heavy atom. The van der Waals surface area contributed by atoms with Crippen molar-refractivity contribution in [3.63, 3.8) is 0 Å². The highest BCUT2D eigenvalue weighted by Crippen LogP contribution is 2.36. The summed E-state index contributed by atoms with van der Waals surface area (Å²) in [4.78, 5) is 21.5. The average Bonchev–Trinajstić information content (AvgIpc) is 3.27. The van der Waals surface area contributed by atoms with E-state index in [4.69, 9.17) is 11.6 Å². The highest BCUT2D eigenvalue weighted by molar-refractivity contribution is 7.11. The van der Waals surface area contributed by atoms with E-state index in [9.17, 15) is 9.90 Å². The van der Waals surface area contributed by atoms with Crippen LogP contribution in [0.25, 0.3) is 27.7 Å². The SMILES string of the molecule is Cc1ccc2c(c1)c(=O)nc1n2CC(O)=C1c1nc(-c2ccc(Cl)cc2)cs1. The number of rotatable bonds is 2. The first-order chi connectivity index (χ1) is 13.5. The summed E-state index contributed by atoms with van der Waals surface area (Å²) in [5, 5.41) is 14.4. The Hall–Kier alpha value is -2.96. The van der Waals surface area contributed by atoms with Crippen LogP contribution >= 0.6 is 22.9 Å². The van der Waals surface area contributed by atoms with E-state index in [1.807, 2.05) is 59.3 Å². The van der Waals surface area contributed by atoms with Crippen LogP contribution in [0.15, 0.2) is 58.4 Å². The van der Waals surface area contributed by atoms with Crippen molar-refractivity contribution in [1.82, 2.24) is 14.5 Å². The predicted octanol–water partition coefficient (Wildman–Crippen LogP) is 4.81. The first kappa shape index (κ1) is 17.2. The predicted molar refractivity (Wildman–Crippen MR) is 112 cm³/mol. The quantitative estimate of drug-likeness (QED) is 0.517. The molecule has 28 heavy (non-hydrogen) atoms. The number of hydrogen-bond acceptors (Lipinski definition) is 5. The van der Waals surface area contributed by atoms with Crippen molar-refractivity contribution in [2.75, 3.05) is 0 Å². The molecule has 2 aromatic carbocycles. The minimum absolute atomic E-state index is 0.164. The minimum Gasteiger partial charge on any atom is -0.510 e. The van der Waals surface area contributed by atoms with Gasteiger partial charge in [0.15, 0.2) is 5.82 Å². The lowest BCUT2D eigenvalue weighted by Crippen LogP contribution is -2.15. The number of aromatic nitrogens is 3. The number of nitrogens with zero attached hydrogens (tertiary/aromatic N) is 3. The fraction of sp³-hybridized carbons (Fsp3) is 0.0952. The molecule has 0 fully saturated rings. The van der Waals surface area contributed by atoms with Gasteiger partial charge in [0.2, 0.25) is 0 Å². The van der Waals surface area contributed by atoms with Gasteiger partial charge in [0.25, 0.3) is 5.56 Å². The van der Waals surface area contributed by atoms with Gasteiger partial charge < -0.3 is 9.67 Å². The lowest BCUT2D eigenvalue weighted by Gasteiger charge is -2.09. The maximum Gasteiger partial charge on any atom is 0.281 e. The van der Waals surface area contributed by atoms with Gasteiger partial charge in [-0.15, -0.1) is 11.3 Å². The van der Waals surface area contributed by atoms with Gasteiger partial charge in [-0.3, -0.25) is 4.79 Å². The van der Waals surface area contributed by atoms with Crippen LogP contribution in [0.5, 0.6) is 0 Å². The van der Waals surface area contributed by atoms with Crippen molar-refractivity contribution < 1.29 is 5.11 Å². The van der Waals surface area contributed by atoms with E-state index in [2.05, 4.69) is 9.97 Å². The van der Waals surface area contributed by atoms with Crippen LogP contribution in [-0.4, -0.2) is 19.6 Å². The summed E-state index contributed by atoms with van der Waals surface area (Å²) in [6, 6.07) is 13.1. The molecule has 0 aliphatic carbocycles. The average molecular weight is 408 g/mol. The summed E-state index contributed by atoms with van der Waals surface area (Å²) in [7, 11) is 0. The van der Waals surface area contributed by atoms with E-state index >= 15 is 0 Å². The number of aryl methyl sites for hydroxylation is 1. The molecule has 0 spiro atoms. The number of benzene rings is 2. The Kier molecular flexibility index (Phi) is 3.86. The summed E-state index contributed by atoms with van der Waals surface area (Å²) in [6.45, 7) is 2.21. The maximum absolute atomic E-state index is 12.6. The molecular formula is C21H14ClN3O2S. The second kappa shape index (κ2) is 6.29. The van der Waals surface area contributed by atoms with Crippen molar-refractivity contribution in [3.05, 3.63) is 85.4 Å². The fourth-order valence-electron chi connectivity index (χ4n) is 3.46. The van der Waals surface area contributed by atoms with E-state index < -0.39 is 0 Å². The highest BCUT2D eigenvalue weighted by Gasteiger charge is 2.28. The second-order valence-electron chi connectivity index (χ2n) is 6.71. The van der Waals surface area contributed by atoms with Crippen LogP contribution in [-0.2, 0) is 6.54 Å². The zero-order valence-corrected chi connectivity index (χ0v) is 16.4. The van der Waals surface area contributed by atoms with Gasteiger partial charge in [-0.2, -0.15) is 4.98 Å². The van der Waals surface area contributed by atoms with Crippen molar-refractivity contribution >= 4 is 39.4 Å². The second-order valence-corrected chi connectivity index (χ2v) is 8.01. The lowest BCUT2D eigenvalue weighted by atomic mass is 10.1. The van der Waals surface area contributed by atoms with Gasteiger partial charge in [-0.1, -0.05) is 35.4 Å². The van der Waals surface area contributed by atoms with E-state index in [0.717, 1.165) is 22.3 Å². The van der Waals surface area contributed by atoms with Gasteiger partial charge in [-0.05, 0) is 31.2 Å². The molecule has 1 aliphatic rings. The van der Waals surface area contributed by atoms with Crippen LogP contribution in [0.2, 0.25) is 5.02 Å². The number of aliphatic hydroxyl groups excluding tert-OH is 1. The van der Waals surface area contributed by atoms with Gasteiger partial charge in [0, 0.05) is 16.0 Å². The molecule has 2 aromatic heterocycles. The lowest BCUT2D eigenvalue weighted by molar-refractivity contribution is 0.389. The molecule has 5 nitrogen and oxygen atoms in total. The Bertz CT molecular complexity index is 1340. The molecule has 0 saturated heterocycles. The number of thiazole rings is 1. The summed E-state index contributed by atoms with van der Waals surface area (Å²) in [6.07, 6.45) is 0. The number of aliphatic hydroxyl groups is 1. The Labute approximate surface area is 169 Å². The summed E-state index contributed by atoms with van der Waals surface area (Å²) in [5.41, 5.74) is 3.70. The van der Waals surface area contributed by atoms with Crippen LogP contribution < -0.4 is 5.56 Å². The van der Waals surface area contributed by atoms with E-state index in [1.54, 1.807) is 0 Å². The van der Waals surface area contributed by atoms with Gasteiger partial charge in [-0.25, -0.2) is 4.98 Å². The molecule has 0 saturated carbocycles. The Morgan fingerprint density at radius 1 is 1.14 bits per heavy atom. The van der Waals surface area contributed by atoms with Gasteiger partial charge in [0.05, 0.1) is 28.7 Å². The number of halogens is 1. The monoisotopic (exact) mass is 407 g/mol. The topological polar surface area (TPSA) is 68.0 Å². The third kappa shape index (κ3) is 2.65. The summed E-state index contributed by atoms with van der Waals surface area (Å²) >= 11 is 7.37. The van der Waals surface area contributed by atoms with Crippen LogP contribution in [0.4, 0.5) is 0 Å². The zero-order chi connectivity index (χ0) is 19.4. The van der Waals surface area contributed by atoms with Crippen LogP contribution in [0.1, 0.15) is 16.4 Å². The molecule has 0 atom stereocenters. The Balaban J connectivity index is 1.64. The molecule has 1 N–H and O–H groups in total. The summed E-state index contributed by atoms with van der Waals surface area (Å²) in [5.74, 6) is 0.618. The third-order valence-corrected chi connectivity index (χ3v) is 5.93. The van der Waals surface area contributed by atoms with Crippen molar-refractivity contribution in [3.8, 4) is 11.3 Å². The van der Waals surface area contributed by atoms with Gasteiger partial charge in [0.1, 0.15) is 10.8 Å². The van der Waals surface area contributed by atoms with Crippen molar-refractivity contribution in [2.24, 2.45) is 0 Å². The number of allylic oxidation sites excluding steroid dienone is 1. The van der Waals surface area contributed by atoms with E-state index in [1.165, 1.54) is 11.3 Å². The molecule has 3 heterocycles. The van der Waals surface area contributed by atoms with Gasteiger partial charge >= 0.3 is 0 Å². The molecule has 0 radical (unpaired) electrons. The smallest absolute Gasteiger partial charge is 0.281 e. The zero-order valence-electron chi connectivity index (χ0n) is 14.8. The Morgan fingerprint density at radius 3 is 2.71 bits per heavy atom. The fourth-order valence-corrected chi connectivity index (χ4v) is 4.47. The normalized spacial score (nSPS) is 13.4. The van der Waals surface area contributed by atoms with E-state index in [-0.39, 0.29) is 17.9 Å². The van der Waals surface area contributed by atoms with Crippen molar-refractivity contribution in [2.45, 2.75) is 13.5 Å². The largest absolute Gasteiger partial charge is 0.510 e. The number of hydrogen-bond donors (Lipinski definition) is 1. The molecule has 0 bridgehead atoms. The molecule has 138 valence electrons. The molecular weight excluding hydrogens is 394 g/mol. The van der Waals surface area contributed by atoms with E-state index in [0.29, 0.717) is 26.8 Å². The molecule has 5 rings (SSSR count). The minimum atomic E-state index is -0.299. The molecule has 1 aliphatic heterocycles. The standard InChI is InChI=1S/C21H14ClN3O2S/c1-11-2-7-16-14(8-11)20(27)24-19-18(17(26)9-25(16)19)21-23-15(10-28-21)12-3-5-13(22)6-4-12/h2-8,10,26H,9H2,1H3. The first-order valence-electron chi connectivity index (χ1n) is 8.67. The first-order valence-corrected chi connectivity index (χ1v) is 9.92. The molecule has 4 aromatic rings. The molecule has 7 heteroatoms. The van der Waals surface area contributed by atoms with Crippen LogP contribution in [0.3, 0.4) is 0 Å². The molecule has 0 amide bonds. The summed E-state index contributed by atoms with van der Waals surface area (Å²) < 4.78 is 1.87. The number of fused-ring (bicyclic) bond motifs is 3. The van der Waals surface area contributed by atoms with Crippen LogP contribution in [0, 0.1) is 6.92 Å². The highest BCUT2D eigenvalue weighted by atomic mass is 35.5. The molecule has 0 unspecified atom stereocenters.